The van der Waals surface area contributed by atoms with Crippen LogP contribution in [0.5, 0.6) is 0 Å². The van der Waals surface area contributed by atoms with E-state index in [1.54, 1.807) is 11.3 Å². The first kappa shape index (κ1) is 52.9. The number of aromatic nitrogens is 1. The summed E-state index contributed by atoms with van der Waals surface area (Å²) in [6, 6.07) is 0. The molecule has 11 heteroatoms. The number of carbonyl (C=O) groups is 2. The van der Waals surface area contributed by atoms with E-state index in [0.29, 0.717) is 19.3 Å². The van der Waals surface area contributed by atoms with Crippen LogP contribution in [0.3, 0.4) is 0 Å². The van der Waals surface area contributed by atoms with Crippen molar-refractivity contribution in [1.82, 2.24) is 4.98 Å². The number of ketones is 1. The van der Waals surface area contributed by atoms with Gasteiger partial charge in [0.15, 0.2) is 25.0 Å². The molecule has 334 valence electrons. The number of Topliss-reactive ketones (excluding diaryl/α,β-unsaturated/α-hetero) is 1. The molecule has 58 heavy (non-hydrogen) atoms. The molecule has 1 aliphatic carbocycles. The summed E-state index contributed by atoms with van der Waals surface area (Å²) in [7, 11) is -6.69. The zero-order chi connectivity index (χ0) is 44.9. The summed E-state index contributed by atoms with van der Waals surface area (Å²) < 4.78 is 21.3. The number of allylic oxidation sites excluding steroid dienone is 1. The molecule has 1 fully saturated rings. The summed E-state index contributed by atoms with van der Waals surface area (Å²) in [6.45, 7) is 44.6. The van der Waals surface area contributed by atoms with Gasteiger partial charge in [-0.3, -0.25) is 9.59 Å². The van der Waals surface area contributed by atoms with Gasteiger partial charge in [0.05, 0.1) is 40.8 Å². The van der Waals surface area contributed by atoms with Crippen LogP contribution in [0.2, 0.25) is 54.4 Å². The van der Waals surface area contributed by atoms with Gasteiger partial charge in [0, 0.05) is 11.3 Å². The van der Waals surface area contributed by atoms with Crippen LogP contribution in [0.1, 0.15) is 158 Å². The molecule has 0 aromatic carbocycles. The lowest BCUT2D eigenvalue weighted by Crippen LogP contribution is -2.59. The fourth-order valence-electron chi connectivity index (χ4n) is 7.28. The lowest BCUT2D eigenvalue weighted by Gasteiger charge is -2.52. The summed E-state index contributed by atoms with van der Waals surface area (Å²) in [6.07, 6.45) is 10.2. The third-order valence-corrected chi connectivity index (χ3v) is 28.8. The predicted octanol–water partition coefficient (Wildman–Crippen LogP) is 14.4. The Labute approximate surface area is 363 Å². The second-order valence-corrected chi connectivity index (χ2v) is 37.7. The summed E-state index contributed by atoms with van der Waals surface area (Å²) in [4.78, 5) is 32.3. The van der Waals surface area contributed by atoms with E-state index in [4.69, 9.17) is 18.3 Å². The number of nitrogens with zero attached hydrogens (tertiary/aromatic N) is 1. The fraction of sp³-hybridized carbons (Fsp3) is 0.809. The lowest BCUT2D eigenvalue weighted by atomic mass is 9.58. The summed E-state index contributed by atoms with van der Waals surface area (Å²) in [5, 5.41) is 13.3. The number of thiazole rings is 1. The monoisotopic (exact) mass is 878 g/mol. The molecule has 1 aromatic heterocycles. The quantitative estimate of drug-likeness (QED) is 0.0915. The first-order valence-electron chi connectivity index (χ1n) is 22.3. The minimum absolute atomic E-state index is 0.0140. The Morgan fingerprint density at radius 3 is 1.84 bits per heavy atom. The normalized spacial score (nSPS) is 19.0. The van der Waals surface area contributed by atoms with Crippen LogP contribution in [0.4, 0.5) is 0 Å². The minimum atomic E-state index is -2.37. The van der Waals surface area contributed by atoms with Crippen LogP contribution in [-0.2, 0) is 22.9 Å². The van der Waals surface area contributed by atoms with Gasteiger partial charge in [-0.15, -0.1) is 11.3 Å². The molecule has 0 amide bonds. The van der Waals surface area contributed by atoms with Gasteiger partial charge in [0.1, 0.15) is 5.78 Å². The van der Waals surface area contributed by atoms with Crippen molar-refractivity contribution in [3.63, 3.8) is 0 Å². The van der Waals surface area contributed by atoms with Crippen molar-refractivity contribution in [2.45, 2.75) is 227 Å². The van der Waals surface area contributed by atoms with Gasteiger partial charge in [-0.05, 0) is 138 Å². The molecule has 0 unspecified atom stereocenters. The molecule has 2 rings (SSSR count). The van der Waals surface area contributed by atoms with Crippen LogP contribution >= 0.6 is 11.3 Å². The fourth-order valence-corrected chi connectivity index (χ4v) is 12.0. The average Bonchev–Trinajstić information content (AvgIpc) is 3.43. The number of hydrogen-bond acceptors (Lipinski definition) is 7. The Balaban J connectivity index is 2.41. The van der Waals surface area contributed by atoms with Crippen molar-refractivity contribution in [3.8, 4) is 0 Å². The molecule has 0 radical (unpaired) electrons. The molecule has 7 nitrogen and oxygen atoms in total. The topological polar surface area (TPSA) is 95.0 Å². The highest BCUT2D eigenvalue weighted by Gasteiger charge is 2.57. The second-order valence-electron chi connectivity index (χ2n) is 22.4. The smallest absolute Gasteiger partial charge is 0.305 e. The highest BCUT2D eigenvalue weighted by Crippen LogP contribution is 2.53. The number of carboxylic acids is 1. The molecule has 0 saturated heterocycles. The Morgan fingerprint density at radius 1 is 0.897 bits per heavy atom. The largest absolute Gasteiger partial charge is 0.481 e. The number of carboxylic acid groups (broad SMARTS) is 1. The molecule has 0 aliphatic heterocycles. The molecular formula is C47H87NO6SSi3. The average molecular weight is 879 g/mol. The summed E-state index contributed by atoms with van der Waals surface area (Å²) >= 11 is 1.68. The Kier molecular flexibility index (Phi) is 18.5. The first-order valence-corrected chi connectivity index (χ1v) is 31.9. The Bertz CT molecular complexity index is 1570. The van der Waals surface area contributed by atoms with Gasteiger partial charge in [-0.25, -0.2) is 4.98 Å². The van der Waals surface area contributed by atoms with E-state index in [2.05, 4.69) is 147 Å². The van der Waals surface area contributed by atoms with Crippen LogP contribution in [-0.4, -0.2) is 65.1 Å². The first-order chi connectivity index (χ1) is 26.2. The molecule has 1 N–H and O–H groups in total. The zero-order valence-electron chi connectivity index (χ0n) is 40.8. The van der Waals surface area contributed by atoms with Crippen molar-refractivity contribution >= 4 is 54.1 Å². The molecule has 0 bridgehead atoms. The zero-order valence-corrected chi connectivity index (χ0v) is 44.6. The number of aryl methyl sites for hydroxylation is 1. The number of hydrogen-bond donors (Lipinski definition) is 1. The number of carbonyl (C=O) groups excluding carboxylic acids is 1. The van der Waals surface area contributed by atoms with Gasteiger partial charge in [-0.2, -0.15) is 0 Å². The van der Waals surface area contributed by atoms with Crippen LogP contribution in [0.25, 0.3) is 6.08 Å². The second kappa shape index (κ2) is 20.3. The van der Waals surface area contributed by atoms with E-state index in [0.717, 1.165) is 42.8 Å². The number of aliphatic carboxylic acids is 1. The van der Waals surface area contributed by atoms with Gasteiger partial charge in [0.25, 0.3) is 0 Å². The third-order valence-electron chi connectivity index (χ3n) is 14.6. The van der Waals surface area contributed by atoms with Gasteiger partial charge >= 0.3 is 5.97 Å². The Morgan fingerprint density at radius 2 is 1.41 bits per heavy atom. The summed E-state index contributed by atoms with van der Waals surface area (Å²) in [5.74, 6) is -0.916. The van der Waals surface area contributed by atoms with Crippen molar-refractivity contribution in [2.24, 2.45) is 17.3 Å². The van der Waals surface area contributed by atoms with Crippen LogP contribution < -0.4 is 0 Å². The standard InChI is InChI=1S/C47H87NO6SSi3/c1-21-38(43(51)47(28-23-29-47)40(31-41(49)50)53-57(17,18)45(9,10)11)42(54-58(19,20)46(12,13)14)34(3)25-22-24-33(2)26-27-39(52-56(15,16)44(6,7)8)35(4)30-37-32-55-36(5)48-37/h26,30,32,34,38-40,42H,21-25,27-29,31H2,1-20H3,(H,49,50)/t34-,38+,39-,40-,42-/m0/s1. The van der Waals surface area contributed by atoms with E-state index < -0.39 is 42.4 Å². The molecule has 1 aliphatic rings. The van der Waals surface area contributed by atoms with Crippen molar-refractivity contribution in [1.29, 1.82) is 0 Å². The maximum Gasteiger partial charge on any atom is 0.305 e. The van der Waals surface area contributed by atoms with E-state index in [9.17, 15) is 9.90 Å². The highest BCUT2D eigenvalue weighted by molar-refractivity contribution is 7.09. The lowest BCUT2D eigenvalue weighted by molar-refractivity contribution is -0.156. The molecule has 1 saturated carbocycles. The summed E-state index contributed by atoms with van der Waals surface area (Å²) in [5.41, 5.74) is 2.77. The van der Waals surface area contributed by atoms with Gasteiger partial charge in [0.2, 0.25) is 0 Å². The van der Waals surface area contributed by atoms with Crippen molar-refractivity contribution in [3.05, 3.63) is 33.3 Å². The predicted molar refractivity (Wildman–Crippen MR) is 255 cm³/mol. The molecule has 0 spiro atoms. The van der Waals surface area contributed by atoms with E-state index in [1.165, 1.54) is 11.1 Å². The van der Waals surface area contributed by atoms with Crippen LogP contribution in [0.15, 0.2) is 22.6 Å². The van der Waals surface area contributed by atoms with E-state index in [-0.39, 0.29) is 51.4 Å². The van der Waals surface area contributed by atoms with Crippen LogP contribution in [0, 0.1) is 24.2 Å². The van der Waals surface area contributed by atoms with Crippen molar-refractivity contribution in [2.75, 3.05) is 0 Å². The van der Waals surface area contributed by atoms with E-state index >= 15 is 4.79 Å². The molecule has 1 aromatic rings. The van der Waals surface area contributed by atoms with Gasteiger partial charge in [-0.1, -0.05) is 94.2 Å². The third kappa shape index (κ3) is 13.9. The Hall–Kier alpha value is -1.22. The minimum Gasteiger partial charge on any atom is -0.481 e. The molecular weight excluding hydrogens is 791 g/mol. The maximum atomic E-state index is 15.2. The SMILES string of the molecule is CC[C@@H](C(=O)C1([C@H](CC(=O)O)O[Si](C)(C)C(C)(C)C)CCC1)[C@@H](O[Si](C)(C)C(C)(C)C)[C@@H](C)CCCC(C)=CC[C@H](O[Si](C)(C)C(C)(C)C)C(C)=Cc1csc(C)n1. The maximum absolute atomic E-state index is 15.2. The molecule has 1 heterocycles. The molecule has 5 atom stereocenters. The van der Waals surface area contributed by atoms with E-state index in [1.807, 2.05) is 6.92 Å². The van der Waals surface area contributed by atoms with Gasteiger partial charge < -0.3 is 18.4 Å². The van der Waals surface area contributed by atoms with Crippen molar-refractivity contribution < 1.29 is 28.0 Å². The number of rotatable bonds is 22. The highest BCUT2D eigenvalue weighted by atomic mass is 32.1.